The van der Waals surface area contributed by atoms with E-state index in [1.54, 1.807) is 12.1 Å². The third kappa shape index (κ3) is 3.00. The zero-order valence-electron chi connectivity index (χ0n) is 15.7. The summed E-state index contributed by atoms with van der Waals surface area (Å²) in [6, 6.07) is 19.6. The van der Waals surface area contributed by atoms with Gasteiger partial charge in [0.05, 0.1) is 10.2 Å². The Morgan fingerprint density at radius 3 is 2.33 bits per heavy atom. The Hall–Kier alpha value is -3.71. The lowest BCUT2D eigenvalue weighted by Gasteiger charge is -2.14. The number of pyridine rings is 1. The number of carboxylic acids is 1. The third-order valence-corrected chi connectivity index (χ3v) is 6.28. The molecule has 0 spiro atoms. The number of thiophene rings is 1. The van der Waals surface area contributed by atoms with Gasteiger partial charge in [0.25, 0.3) is 0 Å². The number of hydrogen-bond donors (Lipinski definition) is 2. The number of amides is 1. The number of benzene rings is 2. The molecule has 0 saturated carbocycles. The van der Waals surface area contributed by atoms with Crippen LogP contribution >= 0.6 is 11.3 Å². The predicted octanol–water partition coefficient (Wildman–Crippen LogP) is 5.36. The van der Waals surface area contributed by atoms with Crippen LogP contribution in [0.4, 0.5) is 9.80 Å². The highest BCUT2D eigenvalue weighted by Crippen LogP contribution is 2.44. The summed E-state index contributed by atoms with van der Waals surface area (Å²) < 4.78 is 6.20. The lowest BCUT2D eigenvalue weighted by molar-refractivity contribution is 0.0700. The molecule has 0 aliphatic heterocycles. The minimum atomic E-state index is -1.14. The van der Waals surface area contributed by atoms with Crippen molar-refractivity contribution in [2.24, 2.45) is 0 Å². The lowest BCUT2D eigenvalue weighted by Crippen LogP contribution is -2.18. The highest BCUT2D eigenvalue weighted by atomic mass is 32.1. The number of aromatic nitrogens is 1. The molecule has 6 nitrogen and oxygen atoms in total. The van der Waals surface area contributed by atoms with Gasteiger partial charge in [-0.15, -0.1) is 11.3 Å². The molecule has 4 aromatic rings. The molecule has 0 unspecified atom stereocenters. The molecule has 2 aromatic heterocycles. The minimum absolute atomic E-state index is 0.0240. The fourth-order valence-electron chi connectivity index (χ4n) is 3.94. The number of fused-ring (bicyclic) bond motifs is 4. The Bertz CT molecular complexity index is 1250. The van der Waals surface area contributed by atoms with E-state index in [9.17, 15) is 14.7 Å². The molecule has 0 bridgehead atoms. The van der Waals surface area contributed by atoms with Crippen molar-refractivity contribution in [3.63, 3.8) is 0 Å². The standard InChI is InChI=1S/C23H16N2O4S/c26-22(27)19-20-18(10-5-11-24-20)30-21(19)25-23(28)29-12-17-15-8-3-1-6-13(15)14-7-2-4-9-16(14)17/h1-11,17H,12H2,(H,25,28)(H,26,27). The van der Waals surface area contributed by atoms with E-state index in [0.29, 0.717) is 10.2 Å². The molecule has 1 aliphatic carbocycles. The number of hydrogen-bond acceptors (Lipinski definition) is 5. The number of carbonyl (C=O) groups is 2. The summed E-state index contributed by atoms with van der Waals surface area (Å²) in [6.45, 7) is 0.158. The first-order valence-corrected chi connectivity index (χ1v) is 10.2. The van der Waals surface area contributed by atoms with Crippen molar-refractivity contribution < 1.29 is 19.4 Å². The first-order chi connectivity index (χ1) is 14.6. The molecule has 0 radical (unpaired) electrons. The van der Waals surface area contributed by atoms with E-state index < -0.39 is 12.1 Å². The molecule has 1 amide bonds. The molecule has 0 saturated heterocycles. The molecule has 7 heteroatoms. The fourth-order valence-corrected chi connectivity index (χ4v) is 4.98. The van der Waals surface area contributed by atoms with Crippen molar-refractivity contribution in [2.75, 3.05) is 11.9 Å². The molecule has 2 aromatic carbocycles. The monoisotopic (exact) mass is 416 g/mol. The molecular formula is C23H16N2O4S. The molecule has 30 heavy (non-hydrogen) atoms. The van der Waals surface area contributed by atoms with Crippen molar-refractivity contribution in [3.8, 4) is 11.1 Å². The Kier molecular flexibility index (Phi) is 4.44. The summed E-state index contributed by atoms with van der Waals surface area (Å²) in [5, 5.41) is 12.4. The van der Waals surface area contributed by atoms with E-state index >= 15 is 0 Å². The lowest BCUT2D eigenvalue weighted by atomic mass is 9.98. The van der Waals surface area contributed by atoms with Crippen LogP contribution in [0, 0.1) is 0 Å². The van der Waals surface area contributed by atoms with Crippen LogP contribution in [0.1, 0.15) is 27.4 Å². The zero-order chi connectivity index (χ0) is 20.7. The second kappa shape index (κ2) is 7.27. The van der Waals surface area contributed by atoms with Gasteiger partial charge in [0.15, 0.2) is 0 Å². The summed E-state index contributed by atoms with van der Waals surface area (Å²) in [5.74, 6) is -1.21. The highest BCUT2D eigenvalue weighted by molar-refractivity contribution is 7.23. The summed E-state index contributed by atoms with van der Waals surface area (Å²) in [5.41, 5.74) is 4.84. The average Bonchev–Trinajstić information content (AvgIpc) is 3.27. The maximum Gasteiger partial charge on any atom is 0.412 e. The van der Waals surface area contributed by atoms with Crippen LogP contribution < -0.4 is 5.32 Å². The summed E-state index contributed by atoms with van der Waals surface area (Å²) in [6.07, 6.45) is 0.837. The van der Waals surface area contributed by atoms with Crippen molar-refractivity contribution in [3.05, 3.63) is 83.6 Å². The van der Waals surface area contributed by atoms with Gasteiger partial charge in [-0.1, -0.05) is 48.5 Å². The van der Waals surface area contributed by atoms with Crippen molar-refractivity contribution in [1.29, 1.82) is 0 Å². The number of ether oxygens (including phenoxy) is 1. The van der Waals surface area contributed by atoms with Crippen molar-refractivity contribution in [2.45, 2.75) is 5.92 Å². The number of anilines is 1. The van der Waals surface area contributed by atoms with Gasteiger partial charge in [0.2, 0.25) is 0 Å². The largest absolute Gasteiger partial charge is 0.478 e. The van der Waals surface area contributed by atoms with Crippen LogP contribution in [0.25, 0.3) is 21.3 Å². The van der Waals surface area contributed by atoms with Gasteiger partial charge in [-0.25, -0.2) is 9.59 Å². The Morgan fingerprint density at radius 2 is 1.67 bits per heavy atom. The van der Waals surface area contributed by atoms with Gasteiger partial charge in [0.1, 0.15) is 17.2 Å². The molecule has 148 valence electrons. The molecule has 2 heterocycles. The second-order valence-electron chi connectivity index (χ2n) is 6.91. The molecule has 1 aliphatic rings. The van der Waals surface area contributed by atoms with E-state index in [4.69, 9.17) is 4.74 Å². The first-order valence-electron chi connectivity index (χ1n) is 9.36. The van der Waals surface area contributed by atoms with Gasteiger partial charge in [-0.3, -0.25) is 10.3 Å². The van der Waals surface area contributed by atoms with Gasteiger partial charge in [-0.05, 0) is 34.4 Å². The van der Waals surface area contributed by atoms with Crippen molar-refractivity contribution in [1.82, 2.24) is 4.98 Å². The first kappa shape index (κ1) is 18.3. The summed E-state index contributed by atoms with van der Waals surface area (Å²) in [7, 11) is 0. The van der Waals surface area contributed by atoms with Crippen LogP contribution in [0.5, 0.6) is 0 Å². The van der Waals surface area contributed by atoms with Gasteiger partial charge < -0.3 is 9.84 Å². The van der Waals surface area contributed by atoms with E-state index in [-0.39, 0.29) is 23.1 Å². The maximum absolute atomic E-state index is 12.5. The molecule has 0 fully saturated rings. The minimum Gasteiger partial charge on any atom is -0.478 e. The molecular weight excluding hydrogens is 400 g/mol. The number of carboxylic acid groups (broad SMARTS) is 1. The van der Waals surface area contributed by atoms with E-state index in [2.05, 4.69) is 22.4 Å². The normalized spacial score (nSPS) is 12.4. The quantitative estimate of drug-likeness (QED) is 0.468. The Labute approximate surface area is 175 Å². The smallest absolute Gasteiger partial charge is 0.412 e. The van der Waals surface area contributed by atoms with E-state index in [0.717, 1.165) is 33.6 Å². The Balaban J connectivity index is 1.37. The highest BCUT2D eigenvalue weighted by Gasteiger charge is 2.29. The number of rotatable bonds is 4. The van der Waals surface area contributed by atoms with Gasteiger partial charge in [0, 0.05) is 12.1 Å². The molecule has 5 rings (SSSR count). The number of nitrogens with zero attached hydrogens (tertiary/aromatic N) is 1. The molecule has 0 atom stereocenters. The van der Waals surface area contributed by atoms with Crippen LogP contribution in [0.3, 0.4) is 0 Å². The van der Waals surface area contributed by atoms with E-state index in [1.807, 2.05) is 36.4 Å². The summed E-state index contributed by atoms with van der Waals surface area (Å²) in [4.78, 5) is 28.3. The van der Waals surface area contributed by atoms with Gasteiger partial charge in [-0.2, -0.15) is 0 Å². The van der Waals surface area contributed by atoms with Gasteiger partial charge >= 0.3 is 12.1 Å². The zero-order valence-corrected chi connectivity index (χ0v) is 16.5. The van der Waals surface area contributed by atoms with Crippen LogP contribution in [0.15, 0.2) is 66.9 Å². The van der Waals surface area contributed by atoms with E-state index in [1.165, 1.54) is 6.20 Å². The van der Waals surface area contributed by atoms with Crippen molar-refractivity contribution >= 4 is 38.6 Å². The topological polar surface area (TPSA) is 88.5 Å². The van der Waals surface area contributed by atoms with Crippen LogP contribution in [0.2, 0.25) is 0 Å². The number of carbonyl (C=O) groups excluding carboxylic acids is 1. The Morgan fingerprint density at radius 1 is 1.00 bits per heavy atom. The third-order valence-electron chi connectivity index (χ3n) is 5.22. The van der Waals surface area contributed by atoms with Crippen LogP contribution in [-0.4, -0.2) is 28.8 Å². The average molecular weight is 416 g/mol. The number of aromatic carboxylic acids is 1. The second-order valence-corrected chi connectivity index (χ2v) is 7.96. The fraction of sp³-hybridized carbons (Fsp3) is 0.0870. The number of nitrogens with one attached hydrogen (secondary N) is 1. The SMILES string of the molecule is O=C(Nc1sc2cccnc2c1C(=O)O)OCC1c2ccccc2-c2ccccc21. The maximum atomic E-state index is 12.5. The van der Waals surface area contributed by atoms with Crippen LogP contribution in [-0.2, 0) is 4.74 Å². The predicted molar refractivity (Wildman–Crippen MR) is 115 cm³/mol. The molecule has 2 N–H and O–H groups in total. The summed E-state index contributed by atoms with van der Waals surface area (Å²) >= 11 is 1.16.